The monoisotopic (exact) mass is 393 g/mol. The molecule has 0 radical (unpaired) electrons. The van der Waals surface area contributed by atoms with E-state index in [0.29, 0.717) is 23.3 Å². The third-order valence-corrected chi connectivity index (χ3v) is 5.16. The van der Waals surface area contributed by atoms with Crippen molar-refractivity contribution < 1.29 is 14.8 Å². The topological polar surface area (TPSA) is 122 Å². The Bertz CT molecular complexity index is 1010. The Morgan fingerprint density at radius 3 is 2.76 bits per heavy atom. The van der Waals surface area contributed by atoms with E-state index in [-0.39, 0.29) is 22.9 Å². The van der Waals surface area contributed by atoms with Gasteiger partial charge < -0.3 is 15.6 Å². The van der Waals surface area contributed by atoms with Crippen LogP contribution in [0.3, 0.4) is 0 Å². The van der Waals surface area contributed by atoms with Crippen LogP contribution in [0.2, 0.25) is 0 Å². The smallest absolute Gasteiger partial charge is 0.269 e. The molecule has 150 valence electrons. The van der Waals surface area contributed by atoms with Gasteiger partial charge in [-0.25, -0.2) is 0 Å². The van der Waals surface area contributed by atoms with E-state index in [2.05, 4.69) is 6.92 Å². The number of benzene rings is 2. The average Bonchev–Trinajstić information content (AvgIpc) is 2.71. The standard InChI is InChI=1S/C22H23N3O4/c1-2-3-4-5-7-14-10-11-18-20(21(14)26)19(17(13-23)22(24)29-18)15-8-6-9-16(12-15)25(27)28/h6,8-12,19,26H,2-5,7,24H2,1H3/t19-/m0/s1. The van der Waals surface area contributed by atoms with Crippen LogP contribution in [0.25, 0.3) is 0 Å². The van der Waals surface area contributed by atoms with Crippen molar-refractivity contribution >= 4 is 5.69 Å². The van der Waals surface area contributed by atoms with Crippen LogP contribution in [0, 0.1) is 21.4 Å². The number of non-ortho nitro benzene ring substituents is 1. The second-order valence-electron chi connectivity index (χ2n) is 7.07. The quantitative estimate of drug-likeness (QED) is 0.401. The first-order valence-electron chi connectivity index (χ1n) is 9.64. The van der Waals surface area contributed by atoms with Crippen LogP contribution in [0.1, 0.15) is 55.2 Å². The molecule has 7 heteroatoms. The highest BCUT2D eigenvalue weighted by molar-refractivity contribution is 5.62. The minimum absolute atomic E-state index is 0.0516. The number of ether oxygens (including phenoxy) is 1. The van der Waals surface area contributed by atoms with Gasteiger partial charge >= 0.3 is 0 Å². The van der Waals surface area contributed by atoms with Gasteiger partial charge in [0.25, 0.3) is 5.69 Å². The summed E-state index contributed by atoms with van der Waals surface area (Å²) in [6.45, 7) is 2.14. The average molecular weight is 393 g/mol. The van der Waals surface area contributed by atoms with Crippen LogP contribution >= 0.6 is 0 Å². The lowest BCUT2D eigenvalue weighted by Gasteiger charge is -2.28. The number of aromatic hydroxyl groups is 1. The molecule has 1 aliphatic heterocycles. The Morgan fingerprint density at radius 1 is 1.28 bits per heavy atom. The molecule has 0 saturated heterocycles. The number of rotatable bonds is 7. The molecule has 0 amide bonds. The Hall–Kier alpha value is -3.53. The highest BCUT2D eigenvalue weighted by Gasteiger charge is 2.34. The van der Waals surface area contributed by atoms with Crippen LogP contribution in [-0.2, 0) is 6.42 Å². The summed E-state index contributed by atoms with van der Waals surface area (Å²) in [5.41, 5.74) is 7.66. The molecule has 29 heavy (non-hydrogen) atoms. The summed E-state index contributed by atoms with van der Waals surface area (Å²) < 4.78 is 5.58. The summed E-state index contributed by atoms with van der Waals surface area (Å²) in [5.74, 6) is -0.394. The molecule has 0 spiro atoms. The molecule has 0 unspecified atom stereocenters. The molecule has 2 aromatic rings. The number of hydrogen-bond donors (Lipinski definition) is 2. The Labute approximate surface area is 169 Å². The number of phenols is 1. The molecule has 0 saturated carbocycles. The molecule has 3 N–H and O–H groups in total. The van der Waals surface area contributed by atoms with E-state index in [4.69, 9.17) is 10.5 Å². The molecule has 0 bridgehead atoms. The fourth-order valence-electron chi connectivity index (χ4n) is 3.68. The molecule has 3 rings (SSSR count). The maximum absolute atomic E-state index is 11.2. The predicted molar refractivity (Wildman–Crippen MR) is 108 cm³/mol. The first-order chi connectivity index (χ1) is 14.0. The second kappa shape index (κ2) is 8.65. The molecule has 1 atom stereocenters. The summed E-state index contributed by atoms with van der Waals surface area (Å²) in [5, 5.41) is 31.9. The number of fused-ring (bicyclic) bond motifs is 1. The molecule has 0 aliphatic carbocycles. The van der Waals surface area contributed by atoms with E-state index in [9.17, 15) is 20.5 Å². The summed E-state index contributed by atoms with van der Waals surface area (Å²) >= 11 is 0. The van der Waals surface area contributed by atoms with Crippen molar-refractivity contribution in [2.45, 2.75) is 44.9 Å². The van der Waals surface area contributed by atoms with Gasteiger partial charge in [-0.05, 0) is 30.0 Å². The van der Waals surface area contributed by atoms with E-state index < -0.39 is 10.8 Å². The Morgan fingerprint density at radius 2 is 2.07 bits per heavy atom. The van der Waals surface area contributed by atoms with Crippen molar-refractivity contribution in [2.75, 3.05) is 0 Å². The number of allylic oxidation sites excluding steroid dienone is 1. The van der Waals surface area contributed by atoms with Crippen molar-refractivity contribution in [3.8, 4) is 17.6 Å². The first-order valence-corrected chi connectivity index (χ1v) is 9.64. The summed E-state index contributed by atoms with van der Waals surface area (Å²) in [7, 11) is 0. The Balaban J connectivity index is 2.10. The van der Waals surface area contributed by atoms with Crippen molar-refractivity contribution in [2.24, 2.45) is 5.73 Å². The number of nitro groups is 1. The number of hydrogen-bond acceptors (Lipinski definition) is 6. The van der Waals surface area contributed by atoms with E-state index in [1.807, 2.05) is 6.07 Å². The van der Waals surface area contributed by atoms with Crippen LogP contribution in [0.4, 0.5) is 5.69 Å². The van der Waals surface area contributed by atoms with Gasteiger partial charge in [-0.1, -0.05) is 44.4 Å². The second-order valence-corrected chi connectivity index (χ2v) is 7.07. The maximum Gasteiger partial charge on any atom is 0.269 e. The number of aryl methyl sites for hydroxylation is 1. The number of unbranched alkanes of at least 4 members (excludes halogenated alkanes) is 3. The van der Waals surface area contributed by atoms with Gasteiger partial charge in [0.1, 0.15) is 23.1 Å². The first kappa shape index (κ1) is 20.2. The van der Waals surface area contributed by atoms with Crippen molar-refractivity contribution in [1.29, 1.82) is 5.26 Å². The van der Waals surface area contributed by atoms with Crippen molar-refractivity contribution in [1.82, 2.24) is 0 Å². The lowest BCUT2D eigenvalue weighted by atomic mass is 9.81. The zero-order chi connectivity index (χ0) is 21.0. The minimum Gasteiger partial charge on any atom is -0.507 e. The van der Waals surface area contributed by atoms with Gasteiger partial charge in [-0.15, -0.1) is 0 Å². The Kier molecular flexibility index (Phi) is 6.03. The summed E-state index contributed by atoms with van der Waals surface area (Å²) in [6, 6.07) is 11.6. The molecule has 0 aromatic heterocycles. The van der Waals surface area contributed by atoms with E-state index in [1.165, 1.54) is 12.1 Å². The van der Waals surface area contributed by atoms with Gasteiger partial charge in [0.2, 0.25) is 5.88 Å². The third-order valence-electron chi connectivity index (χ3n) is 5.16. The van der Waals surface area contributed by atoms with Crippen LogP contribution in [0.15, 0.2) is 47.9 Å². The fraction of sp³-hybridized carbons (Fsp3) is 0.318. The minimum atomic E-state index is -0.737. The molecule has 1 aliphatic rings. The fourth-order valence-corrected chi connectivity index (χ4v) is 3.68. The number of nitrogens with two attached hydrogens (primary N) is 1. The SMILES string of the molecule is CCCCCCc1ccc2c(c1O)[C@@H](c1cccc([N+](=O)[O-])c1)C(C#N)=C(N)O2. The molecular formula is C22H23N3O4. The molecule has 2 aromatic carbocycles. The van der Waals surface area contributed by atoms with Gasteiger partial charge in [-0.2, -0.15) is 5.26 Å². The van der Waals surface area contributed by atoms with E-state index in [1.54, 1.807) is 24.3 Å². The van der Waals surface area contributed by atoms with E-state index in [0.717, 1.165) is 31.2 Å². The number of nitrogens with zero attached hydrogens (tertiary/aromatic N) is 2. The van der Waals surface area contributed by atoms with Crippen molar-refractivity contribution in [3.63, 3.8) is 0 Å². The lowest BCUT2D eigenvalue weighted by molar-refractivity contribution is -0.384. The molecule has 7 nitrogen and oxygen atoms in total. The summed E-state index contributed by atoms with van der Waals surface area (Å²) in [6.07, 6.45) is 4.94. The van der Waals surface area contributed by atoms with Gasteiger partial charge in [0.05, 0.1) is 10.8 Å². The number of phenolic OH excluding ortho intramolecular Hbond substituents is 1. The van der Waals surface area contributed by atoms with Gasteiger partial charge in [-0.3, -0.25) is 10.1 Å². The highest BCUT2D eigenvalue weighted by atomic mass is 16.6. The molecule has 1 heterocycles. The predicted octanol–water partition coefficient (Wildman–Crippen LogP) is 4.64. The van der Waals surface area contributed by atoms with Crippen molar-refractivity contribution in [3.05, 3.63) is 74.7 Å². The molecule has 0 fully saturated rings. The normalized spacial score (nSPS) is 15.4. The molecular weight excluding hydrogens is 370 g/mol. The largest absolute Gasteiger partial charge is 0.507 e. The van der Waals surface area contributed by atoms with Gasteiger partial charge in [0, 0.05) is 17.7 Å². The van der Waals surface area contributed by atoms with Crippen LogP contribution < -0.4 is 10.5 Å². The zero-order valence-corrected chi connectivity index (χ0v) is 16.2. The number of nitro benzene ring substituents is 1. The zero-order valence-electron chi connectivity index (χ0n) is 16.2. The van der Waals surface area contributed by atoms with Gasteiger partial charge in [0.15, 0.2) is 0 Å². The lowest BCUT2D eigenvalue weighted by Crippen LogP contribution is -2.21. The summed E-state index contributed by atoms with van der Waals surface area (Å²) in [4.78, 5) is 10.7. The third kappa shape index (κ3) is 4.02. The van der Waals surface area contributed by atoms with Crippen LogP contribution in [-0.4, -0.2) is 10.0 Å². The van der Waals surface area contributed by atoms with E-state index >= 15 is 0 Å². The van der Waals surface area contributed by atoms with Crippen LogP contribution in [0.5, 0.6) is 11.5 Å². The number of nitriles is 1. The highest BCUT2D eigenvalue weighted by Crippen LogP contribution is 2.48. The maximum atomic E-state index is 11.2.